The minimum absolute atomic E-state index is 0.131. The van der Waals surface area contributed by atoms with E-state index >= 15 is 0 Å². The smallest absolute Gasteiger partial charge is 0.243 e. The Morgan fingerprint density at radius 3 is 2.56 bits per heavy atom. The van der Waals surface area contributed by atoms with Crippen molar-refractivity contribution in [3.63, 3.8) is 0 Å². The van der Waals surface area contributed by atoms with Gasteiger partial charge in [0.1, 0.15) is 0 Å². The van der Waals surface area contributed by atoms with E-state index in [-0.39, 0.29) is 11.4 Å². The molecule has 5 heteroatoms. The fourth-order valence-electron chi connectivity index (χ4n) is 2.89. The molecule has 0 aliphatic carbocycles. The Bertz CT molecular complexity index is 1100. The zero-order valence-electron chi connectivity index (χ0n) is 15.3. The maximum absolute atomic E-state index is 13.1. The highest BCUT2D eigenvalue weighted by Crippen LogP contribution is 2.20. The first kappa shape index (κ1) is 19.0. The Kier molecular flexibility index (Phi) is 5.80. The fourth-order valence-corrected chi connectivity index (χ4v) is 4.25. The van der Waals surface area contributed by atoms with Gasteiger partial charge in [0.25, 0.3) is 0 Å². The first-order valence-electron chi connectivity index (χ1n) is 8.73. The SMILES string of the molecule is C=C(C)C#CCN(CCc1c[nH]c2ccccc12)S(=O)(=O)c1ccccc1. The van der Waals surface area contributed by atoms with Crippen molar-refractivity contribution in [3.8, 4) is 11.8 Å². The number of para-hydroxylation sites is 1. The molecule has 0 fully saturated rings. The van der Waals surface area contributed by atoms with E-state index in [0.717, 1.165) is 16.5 Å². The number of fused-ring (bicyclic) bond motifs is 1. The van der Waals surface area contributed by atoms with E-state index in [1.54, 1.807) is 37.3 Å². The average Bonchev–Trinajstić information content (AvgIpc) is 3.08. The number of nitrogens with one attached hydrogen (secondary N) is 1. The summed E-state index contributed by atoms with van der Waals surface area (Å²) in [5.41, 5.74) is 2.85. The Morgan fingerprint density at radius 1 is 1.11 bits per heavy atom. The molecule has 4 nitrogen and oxygen atoms in total. The maximum Gasteiger partial charge on any atom is 0.243 e. The van der Waals surface area contributed by atoms with Gasteiger partial charge in [-0.15, -0.1) is 0 Å². The molecule has 0 spiro atoms. The van der Waals surface area contributed by atoms with Crippen molar-refractivity contribution in [2.24, 2.45) is 0 Å². The van der Waals surface area contributed by atoms with Crippen molar-refractivity contribution in [1.29, 1.82) is 0 Å². The second kappa shape index (κ2) is 8.26. The van der Waals surface area contributed by atoms with E-state index in [9.17, 15) is 8.42 Å². The van der Waals surface area contributed by atoms with Gasteiger partial charge in [0, 0.05) is 23.6 Å². The van der Waals surface area contributed by atoms with Crippen molar-refractivity contribution in [3.05, 3.63) is 78.5 Å². The van der Waals surface area contributed by atoms with E-state index in [1.165, 1.54) is 4.31 Å². The number of hydrogen-bond acceptors (Lipinski definition) is 2. The van der Waals surface area contributed by atoms with Gasteiger partial charge in [-0.25, -0.2) is 8.42 Å². The largest absolute Gasteiger partial charge is 0.361 e. The Balaban J connectivity index is 1.86. The molecule has 0 aliphatic heterocycles. The molecule has 0 bridgehead atoms. The predicted octanol–water partition coefficient (Wildman–Crippen LogP) is 3.98. The van der Waals surface area contributed by atoms with Gasteiger partial charge in [0.15, 0.2) is 0 Å². The first-order valence-corrected chi connectivity index (χ1v) is 10.2. The number of aromatic amines is 1. The summed E-state index contributed by atoms with van der Waals surface area (Å²) in [7, 11) is -3.61. The van der Waals surface area contributed by atoms with E-state index in [4.69, 9.17) is 0 Å². The van der Waals surface area contributed by atoms with Crippen LogP contribution in [0.5, 0.6) is 0 Å². The highest BCUT2D eigenvalue weighted by Gasteiger charge is 2.23. The Morgan fingerprint density at radius 2 is 1.81 bits per heavy atom. The summed E-state index contributed by atoms with van der Waals surface area (Å²) in [6, 6.07) is 16.5. The number of H-pyrrole nitrogens is 1. The third kappa shape index (κ3) is 4.48. The number of aromatic nitrogens is 1. The van der Waals surface area contributed by atoms with Gasteiger partial charge in [-0.1, -0.05) is 54.8 Å². The summed E-state index contributed by atoms with van der Waals surface area (Å²) in [4.78, 5) is 3.51. The molecule has 0 aliphatic rings. The van der Waals surface area contributed by atoms with Gasteiger partial charge < -0.3 is 4.98 Å². The summed E-state index contributed by atoms with van der Waals surface area (Å²) >= 11 is 0. The molecule has 2 aromatic carbocycles. The number of benzene rings is 2. The van der Waals surface area contributed by atoms with Crippen LogP contribution in [0.15, 0.2) is 77.8 Å². The standard InChI is InChI=1S/C22H22N2O2S/c1-18(2)9-8-15-24(27(25,26)20-10-4-3-5-11-20)16-14-19-17-23-22-13-7-6-12-21(19)22/h3-7,10-13,17,23H,1,14-16H2,2H3. The summed E-state index contributed by atoms with van der Waals surface area (Å²) in [5, 5.41) is 1.11. The van der Waals surface area contributed by atoms with Crippen LogP contribution in [0, 0.1) is 11.8 Å². The molecule has 27 heavy (non-hydrogen) atoms. The van der Waals surface area contributed by atoms with Gasteiger partial charge in [-0.2, -0.15) is 4.31 Å². The van der Waals surface area contributed by atoms with Crippen molar-refractivity contribution >= 4 is 20.9 Å². The summed E-state index contributed by atoms with van der Waals surface area (Å²) in [6.45, 7) is 6.03. The van der Waals surface area contributed by atoms with Crippen LogP contribution in [0.2, 0.25) is 0 Å². The minimum atomic E-state index is -3.61. The zero-order chi connectivity index (χ0) is 19.3. The van der Waals surface area contributed by atoms with E-state index in [1.807, 2.05) is 30.5 Å². The van der Waals surface area contributed by atoms with Gasteiger partial charge in [-0.05, 0) is 42.7 Å². The highest BCUT2D eigenvalue weighted by molar-refractivity contribution is 7.89. The lowest BCUT2D eigenvalue weighted by Gasteiger charge is -2.20. The van der Waals surface area contributed by atoms with E-state index in [2.05, 4.69) is 23.4 Å². The third-order valence-electron chi connectivity index (χ3n) is 4.24. The molecule has 3 rings (SSSR count). The monoisotopic (exact) mass is 378 g/mol. The number of rotatable bonds is 6. The number of allylic oxidation sites excluding steroid dienone is 1. The molecule has 1 N–H and O–H groups in total. The fraction of sp³-hybridized carbons (Fsp3) is 0.182. The van der Waals surface area contributed by atoms with Gasteiger partial charge >= 0.3 is 0 Å². The molecular weight excluding hydrogens is 356 g/mol. The van der Waals surface area contributed by atoms with Crippen LogP contribution in [0.4, 0.5) is 0 Å². The molecule has 0 amide bonds. The number of sulfonamides is 1. The second-order valence-corrected chi connectivity index (χ2v) is 8.28. The minimum Gasteiger partial charge on any atom is -0.361 e. The molecule has 0 saturated carbocycles. The quantitative estimate of drug-likeness (QED) is 0.660. The average molecular weight is 378 g/mol. The van der Waals surface area contributed by atoms with Crippen molar-refractivity contribution in [1.82, 2.24) is 9.29 Å². The topological polar surface area (TPSA) is 53.2 Å². The van der Waals surface area contributed by atoms with Gasteiger partial charge in [0.05, 0.1) is 11.4 Å². The lowest BCUT2D eigenvalue weighted by Crippen LogP contribution is -2.33. The van der Waals surface area contributed by atoms with Crippen molar-refractivity contribution < 1.29 is 8.42 Å². The molecule has 0 unspecified atom stereocenters. The lowest BCUT2D eigenvalue weighted by atomic mass is 10.1. The Labute approximate surface area is 160 Å². The maximum atomic E-state index is 13.1. The van der Waals surface area contributed by atoms with Crippen LogP contribution in [-0.4, -0.2) is 30.8 Å². The van der Waals surface area contributed by atoms with Crippen LogP contribution < -0.4 is 0 Å². The first-order chi connectivity index (χ1) is 13.0. The molecule has 0 saturated heterocycles. The van der Waals surface area contributed by atoms with E-state index in [0.29, 0.717) is 18.5 Å². The van der Waals surface area contributed by atoms with Crippen LogP contribution in [0.3, 0.4) is 0 Å². The van der Waals surface area contributed by atoms with Crippen molar-refractivity contribution in [2.45, 2.75) is 18.2 Å². The molecule has 0 atom stereocenters. The second-order valence-electron chi connectivity index (χ2n) is 6.34. The highest BCUT2D eigenvalue weighted by atomic mass is 32.2. The van der Waals surface area contributed by atoms with Crippen LogP contribution in [-0.2, 0) is 16.4 Å². The lowest BCUT2D eigenvalue weighted by molar-refractivity contribution is 0.450. The van der Waals surface area contributed by atoms with Crippen LogP contribution >= 0.6 is 0 Å². The molecular formula is C22H22N2O2S. The molecule has 1 aromatic heterocycles. The molecule has 3 aromatic rings. The summed E-state index contributed by atoms with van der Waals surface area (Å²) in [6.07, 6.45) is 2.54. The number of nitrogens with zero attached hydrogens (tertiary/aromatic N) is 1. The van der Waals surface area contributed by atoms with Gasteiger partial charge in [-0.3, -0.25) is 0 Å². The van der Waals surface area contributed by atoms with Crippen LogP contribution in [0.25, 0.3) is 10.9 Å². The molecule has 1 heterocycles. The summed E-state index contributed by atoms with van der Waals surface area (Å²) < 4.78 is 27.5. The Hall–Kier alpha value is -2.81. The van der Waals surface area contributed by atoms with E-state index < -0.39 is 10.0 Å². The van der Waals surface area contributed by atoms with Gasteiger partial charge in [0.2, 0.25) is 10.0 Å². The van der Waals surface area contributed by atoms with Crippen molar-refractivity contribution in [2.75, 3.05) is 13.1 Å². The number of hydrogen-bond donors (Lipinski definition) is 1. The third-order valence-corrected chi connectivity index (χ3v) is 6.10. The zero-order valence-corrected chi connectivity index (χ0v) is 16.1. The molecule has 138 valence electrons. The van der Waals surface area contributed by atoms with Crippen LogP contribution in [0.1, 0.15) is 12.5 Å². The molecule has 0 radical (unpaired) electrons. The summed E-state index contributed by atoms with van der Waals surface area (Å²) in [5.74, 6) is 5.78. The normalized spacial score (nSPS) is 11.3. The predicted molar refractivity (Wildman–Crippen MR) is 110 cm³/mol.